The highest BCUT2D eigenvalue weighted by Gasteiger charge is 2.18. The molecule has 0 atom stereocenters. The van der Waals surface area contributed by atoms with E-state index >= 15 is 0 Å². The van der Waals surface area contributed by atoms with Gasteiger partial charge in [0.05, 0.1) is 5.75 Å². The van der Waals surface area contributed by atoms with E-state index in [-0.39, 0.29) is 11.8 Å². The van der Waals surface area contributed by atoms with E-state index in [4.69, 9.17) is 0 Å². The molecule has 0 heterocycles. The molecule has 1 aliphatic carbocycles. The highest BCUT2D eigenvalue weighted by molar-refractivity contribution is 7.89. The molecule has 5 heteroatoms. The third-order valence-electron chi connectivity index (χ3n) is 3.47. The first-order valence-electron chi connectivity index (χ1n) is 7.35. The van der Waals surface area contributed by atoms with Crippen LogP contribution in [0.2, 0.25) is 0 Å². The van der Waals surface area contributed by atoms with Crippen LogP contribution in [0.1, 0.15) is 58.3 Å². The molecule has 0 aromatic rings. The monoisotopic (exact) mass is 276 g/mol. The Morgan fingerprint density at radius 3 is 2.28 bits per heavy atom. The number of sulfonamides is 1. The summed E-state index contributed by atoms with van der Waals surface area (Å²) in [5.74, 6) is 0.247. The molecule has 1 saturated carbocycles. The van der Waals surface area contributed by atoms with E-state index < -0.39 is 10.0 Å². The van der Waals surface area contributed by atoms with Crippen molar-refractivity contribution < 1.29 is 8.42 Å². The zero-order valence-electron chi connectivity index (χ0n) is 11.6. The summed E-state index contributed by atoms with van der Waals surface area (Å²) in [5.41, 5.74) is 0. The van der Waals surface area contributed by atoms with Gasteiger partial charge in [-0.25, -0.2) is 13.1 Å². The Labute approximate surface area is 112 Å². The van der Waals surface area contributed by atoms with Crippen LogP contribution in [0.15, 0.2) is 0 Å². The minimum Gasteiger partial charge on any atom is -0.317 e. The molecule has 0 unspecified atom stereocenters. The van der Waals surface area contributed by atoms with Gasteiger partial charge in [-0.05, 0) is 32.4 Å². The van der Waals surface area contributed by atoms with Gasteiger partial charge >= 0.3 is 0 Å². The summed E-state index contributed by atoms with van der Waals surface area (Å²) < 4.78 is 26.7. The van der Waals surface area contributed by atoms with Crippen molar-refractivity contribution in [3.05, 3.63) is 0 Å². The molecule has 0 saturated heterocycles. The highest BCUT2D eigenvalue weighted by Crippen LogP contribution is 2.17. The van der Waals surface area contributed by atoms with Crippen molar-refractivity contribution >= 4 is 10.0 Å². The van der Waals surface area contributed by atoms with Gasteiger partial charge < -0.3 is 5.32 Å². The van der Waals surface area contributed by atoms with Gasteiger partial charge in [0.1, 0.15) is 0 Å². The first-order valence-corrected chi connectivity index (χ1v) is 9.00. The van der Waals surface area contributed by atoms with Crippen molar-refractivity contribution in [2.45, 2.75) is 64.3 Å². The van der Waals surface area contributed by atoms with Gasteiger partial charge in [0.15, 0.2) is 0 Å². The average Bonchev–Trinajstić information content (AvgIpc) is 2.28. The molecule has 0 spiro atoms. The maximum absolute atomic E-state index is 11.9. The van der Waals surface area contributed by atoms with Crippen molar-refractivity contribution in [2.24, 2.45) is 0 Å². The zero-order chi connectivity index (χ0) is 13.3. The number of rotatable bonds is 7. The van der Waals surface area contributed by atoms with Crippen LogP contribution < -0.4 is 10.0 Å². The lowest BCUT2D eigenvalue weighted by atomic mass is 9.97. The molecule has 108 valence electrons. The Kier molecular flexibility index (Phi) is 7.86. The van der Waals surface area contributed by atoms with E-state index in [2.05, 4.69) is 10.0 Å². The molecule has 18 heavy (non-hydrogen) atoms. The first kappa shape index (κ1) is 15.9. The predicted molar refractivity (Wildman–Crippen MR) is 76.2 cm³/mol. The van der Waals surface area contributed by atoms with Crippen LogP contribution >= 0.6 is 0 Å². The summed E-state index contributed by atoms with van der Waals surface area (Å²) in [6.45, 7) is 3.71. The molecule has 0 aromatic carbocycles. The largest absolute Gasteiger partial charge is 0.317 e. The molecule has 0 aromatic heterocycles. The standard InChI is InChI=1S/C13H28N2O2S/c1-2-14-11-8-12-18(16,17)15-13-9-6-4-3-5-7-10-13/h13-15H,2-12H2,1H3. The summed E-state index contributed by atoms with van der Waals surface area (Å²) in [5, 5.41) is 3.15. The minimum absolute atomic E-state index is 0.175. The fourth-order valence-electron chi connectivity index (χ4n) is 2.45. The normalized spacial score (nSPS) is 19.4. The lowest BCUT2D eigenvalue weighted by Gasteiger charge is -2.20. The molecular formula is C13H28N2O2S. The van der Waals surface area contributed by atoms with Crippen LogP contribution in [0, 0.1) is 0 Å². The Morgan fingerprint density at radius 1 is 1.06 bits per heavy atom. The summed E-state index contributed by atoms with van der Waals surface area (Å²) in [6, 6.07) is 0.175. The Morgan fingerprint density at radius 2 is 1.67 bits per heavy atom. The third-order valence-corrected chi connectivity index (χ3v) is 4.99. The van der Waals surface area contributed by atoms with Crippen LogP contribution in [0.4, 0.5) is 0 Å². The molecule has 2 N–H and O–H groups in total. The van der Waals surface area contributed by atoms with Gasteiger partial charge in [-0.15, -0.1) is 0 Å². The maximum atomic E-state index is 11.9. The summed E-state index contributed by atoms with van der Waals surface area (Å²) in [6.07, 6.45) is 8.82. The lowest BCUT2D eigenvalue weighted by molar-refractivity contribution is 0.426. The average molecular weight is 276 g/mol. The molecule has 4 nitrogen and oxygen atoms in total. The van der Waals surface area contributed by atoms with Gasteiger partial charge in [-0.2, -0.15) is 0 Å². The van der Waals surface area contributed by atoms with Gasteiger partial charge in [0.25, 0.3) is 0 Å². The third kappa shape index (κ3) is 7.34. The minimum atomic E-state index is -3.08. The second-order valence-electron chi connectivity index (χ2n) is 5.19. The number of hydrogen-bond acceptors (Lipinski definition) is 3. The van der Waals surface area contributed by atoms with Crippen molar-refractivity contribution in [1.29, 1.82) is 0 Å². The van der Waals surface area contributed by atoms with Crippen molar-refractivity contribution in [1.82, 2.24) is 10.0 Å². The van der Waals surface area contributed by atoms with Crippen molar-refractivity contribution in [3.8, 4) is 0 Å². The molecule has 0 amide bonds. The molecule has 0 aliphatic heterocycles. The maximum Gasteiger partial charge on any atom is 0.211 e. The topological polar surface area (TPSA) is 58.2 Å². The number of hydrogen-bond donors (Lipinski definition) is 2. The second kappa shape index (κ2) is 8.88. The van der Waals surface area contributed by atoms with Crippen LogP contribution in [0.3, 0.4) is 0 Å². The molecular weight excluding hydrogens is 248 g/mol. The van der Waals surface area contributed by atoms with Crippen LogP contribution in [-0.2, 0) is 10.0 Å². The van der Waals surface area contributed by atoms with Gasteiger partial charge in [0.2, 0.25) is 10.0 Å². The van der Waals surface area contributed by atoms with Crippen LogP contribution in [0.5, 0.6) is 0 Å². The molecule has 1 rings (SSSR count). The van der Waals surface area contributed by atoms with Gasteiger partial charge in [0, 0.05) is 6.04 Å². The highest BCUT2D eigenvalue weighted by atomic mass is 32.2. The van der Waals surface area contributed by atoms with Gasteiger partial charge in [-0.1, -0.05) is 39.0 Å². The molecule has 0 bridgehead atoms. The molecule has 1 fully saturated rings. The fraction of sp³-hybridized carbons (Fsp3) is 1.00. The summed E-state index contributed by atoms with van der Waals surface area (Å²) in [7, 11) is -3.08. The summed E-state index contributed by atoms with van der Waals surface area (Å²) in [4.78, 5) is 0. The van der Waals surface area contributed by atoms with E-state index in [9.17, 15) is 8.42 Å². The molecule has 1 aliphatic rings. The van der Waals surface area contributed by atoms with E-state index in [1.165, 1.54) is 19.3 Å². The number of nitrogens with one attached hydrogen (secondary N) is 2. The quantitative estimate of drug-likeness (QED) is 0.699. The smallest absolute Gasteiger partial charge is 0.211 e. The van der Waals surface area contributed by atoms with E-state index in [0.717, 1.165) is 38.8 Å². The Bertz CT molecular complexity index is 296. The fourth-order valence-corrected chi connectivity index (χ4v) is 3.84. The Balaban J connectivity index is 2.28. The molecule has 0 radical (unpaired) electrons. The predicted octanol–water partition coefficient (Wildman–Crippen LogP) is 2.02. The van der Waals surface area contributed by atoms with Crippen LogP contribution in [0.25, 0.3) is 0 Å². The van der Waals surface area contributed by atoms with Crippen molar-refractivity contribution in [3.63, 3.8) is 0 Å². The van der Waals surface area contributed by atoms with Gasteiger partial charge in [-0.3, -0.25) is 0 Å². The lowest BCUT2D eigenvalue weighted by Crippen LogP contribution is -2.37. The SMILES string of the molecule is CCNCCCS(=O)(=O)NC1CCCCCCC1. The zero-order valence-corrected chi connectivity index (χ0v) is 12.4. The van der Waals surface area contributed by atoms with E-state index in [1.807, 2.05) is 6.92 Å². The van der Waals surface area contributed by atoms with Crippen LogP contribution in [-0.4, -0.2) is 33.3 Å². The Hall–Kier alpha value is -0.130. The second-order valence-corrected chi connectivity index (χ2v) is 7.06. The van der Waals surface area contributed by atoms with E-state index in [1.54, 1.807) is 0 Å². The van der Waals surface area contributed by atoms with E-state index in [0.29, 0.717) is 6.42 Å². The van der Waals surface area contributed by atoms with Crippen molar-refractivity contribution in [2.75, 3.05) is 18.8 Å². The first-order chi connectivity index (χ1) is 8.64. The summed E-state index contributed by atoms with van der Waals surface area (Å²) >= 11 is 0.